The highest BCUT2D eigenvalue weighted by Crippen LogP contribution is 2.17. The van der Waals surface area contributed by atoms with Gasteiger partial charge >= 0.3 is 0 Å². The van der Waals surface area contributed by atoms with Crippen molar-refractivity contribution < 1.29 is 14.2 Å². The van der Waals surface area contributed by atoms with Gasteiger partial charge in [0.15, 0.2) is 0 Å². The maximum atomic E-state index is 5.68. The van der Waals surface area contributed by atoms with E-state index in [0.29, 0.717) is 6.61 Å². The van der Waals surface area contributed by atoms with E-state index in [-0.39, 0.29) is 0 Å². The van der Waals surface area contributed by atoms with Crippen LogP contribution in [0.2, 0.25) is 0 Å². The predicted molar refractivity (Wildman–Crippen MR) is 92.5 cm³/mol. The molecule has 0 N–H and O–H groups in total. The second-order valence-electron chi connectivity index (χ2n) is 4.80. The average molecular weight is 318 g/mol. The van der Waals surface area contributed by atoms with Crippen LogP contribution < -0.4 is 14.2 Å². The molecule has 3 nitrogen and oxygen atoms in total. The molecule has 0 fully saturated rings. The first-order valence-electron chi connectivity index (χ1n) is 7.32. The predicted octanol–water partition coefficient (Wildman–Crippen LogP) is 4.19. The summed E-state index contributed by atoms with van der Waals surface area (Å²) in [4.78, 5) is 0. The summed E-state index contributed by atoms with van der Waals surface area (Å²) in [5, 5.41) is 0. The summed E-state index contributed by atoms with van der Waals surface area (Å²) < 4.78 is 16.5. The van der Waals surface area contributed by atoms with Gasteiger partial charge in [-0.05, 0) is 43.3 Å². The van der Waals surface area contributed by atoms with Gasteiger partial charge < -0.3 is 14.2 Å². The molecular formula is C18H22O3S. The van der Waals surface area contributed by atoms with Crippen LogP contribution in [0.25, 0.3) is 0 Å². The Labute approximate surface area is 136 Å². The quantitative estimate of drug-likeness (QED) is 0.648. The molecule has 4 heteroatoms. The second kappa shape index (κ2) is 9.26. The van der Waals surface area contributed by atoms with Crippen molar-refractivity contribution in [3.05, 3.63) is 54.1 Å². The lowest BCUT2D eigenvalue weighted by molar-refractivity contribution is 0.338. The number of methoxy groups -OCH3 is 1. The zero-order chi connectivity index (χ0) is 15.6. The lowest BCUT2D eigenvalue weighted by Gasteiger charge is -2.08. The third kappa shape index (κ3) is 5.90. The van der Waals surface area contributed by atoms with Crippen LogP contribution >= 0.6 is 11.8 Å². The van der Waals surface area contributed by atoms with Gasteiger partial charge in [-0.25, -0.2) is 0 Å². The molecule has 0 saturated carbocycles. The Hall–Kier alpha value is -1.81. The van der Waals surface area contributed by atoms with E-state index in [4.69, 9.17) is 14.2 Å². The van der Waals surface area contributed by atoms with Crippen molar-refractivity contribution in [1.82, 2.24) is 0 Å². The first-order chi connectivity index (χ1) is 10.8. The van der Waals surface area contributed by atoms with Crippen molar-refractivity contribution >= 4 is 11.8 Å². The van der Waals surface area contributed by atoms with Gasteiger partial charge in [0.2, 0.25) is 0 Å². The molecule has 22 heavy (non-hydrogen) atoms. The molecule has 0 spiro atoms. The number of hydrogen-bond acceptors (Lipinski definition) is 4. The lowest BCUT2D eigenvalue weighted by Crippen LogP contribution is -2.04. The summed E-state index contributed by atoms with van der Waals surface area (Å²) in [7, 11) is 1.66. The molecule has 0 bridgehead atoms. The summed E-state index contributed by atoms with van der Waals surface area (Å²) in [6.45, 7) is 3.49. The van der Waals surface area contributed by atoms with Crippen LogP contribution in [0.15, 0.2) is 48.5 Å². The molecule has 0 aromatic heterocycles. The van der Waals surface area contributed by atoms with Gasteiger partial charge in [-0.3, -0.25) is 0 Å². The van der Waals surface area contributed by atoms with Crippen LogP contribution in [0, 0.1) is 6.92 Å². The molecule has 0 saturated heterocycles. The highest BCUT2D eigenvalue weighted by atomic mass is 32.2. The monoisotopic (exact) mass is 318 g/mol. The zero-order valence-electron chi connectivity index (χ0n) is 13.1. The Morgan fingerprint density at radius 1 is 0.727 bits per heavy atom. The third-order valence-electron chi connectivity index (χ3n) is 3.07. The number of ether oxygens (including phenoxy) is 3. The highest BCUT2D eigenvalue weighted by Gasteiger charge is 1.97. The molecule has 0 atom stereocenters. The second-order valence-corrected chi connectivity index (χ2v) is 6.02. The van der Waals surface area contributed by atoms with E-state index in [1.54, 1.807) is 7.11 Å². The Morgan fingerprint density at radius 2 is 1.18 bits per heavy atom. The molecule has 2 rings (SSSR count). The fraction of sp³-hybridized carbons (Fsp3) is 0.333. The Kier molecular flexibility index (Phi) is 6.97. The minimum absolute atomic E-state index is 0.696. The van der Waals surface area contributed by atoms with Crippen LogP contribution in [-0.2, 0) is 0 Å². The number of aryl methyl sites for hydroxylation is 1. The number of benzene rings is 2. The Balaban J connectivity index is 1.52. The largest absolute Gasteiger partial charge is 0.497 e. The van der Waals surface area contributed by atoms with Crippen molar-refractivity contribution in [3.8, 4) is 17.2 Å². The highest BCUT2D eigenvalue weighted by molar-refractivity contribution is 7.99. The molecule has 0 aliphatic rings. The van der Waals surface area contributed by atoms with Crippen molar-refractivity contribution in [2.24, 2.45) is 0 Å². The number of hydrogen-bond donors (Lipinski definition) is 0. The summed E-state index contributed by atoms with van der Waals surface area (Å²) in [6.07, 6.45) is 0. The van der Waals surface area contributed by atoms with Crippen LogP contribution in [0.3, 0.4) is 0 Å². The molecule has 2 aromatic rings. The fourth-order valence-corrected chi connectivity index (χ4v) is 2.45. The van der Waals surface area contributed by atoms with Crippen molar-refractivity contribution in [1.29, 1.82) is 0 Å². The van der Waals surface area contributed by atoms with E-state index in [1.165, 1.54) is 5.56 Å². The summed E-state index contributed by atoms with van der Waals surface area (Å²) in [5.41, 5.74) is 1.25. The standard InChI is InChI=1S/C18H22O3S/c1-15-3-5-17(6-4-15)20-11-13-22-14-12-21-18-9-7-16(19-2)8-10-18/h3-10H,11-14H2,1-2H3. The molecule has 118 valence electrons. The van der Waals surface area contributed by atoms with Gasteiger partial charge in [0.05, 0.1) is 20.3 Å². The van der Waals surface area contributed by atoms with E-state index >= 15 is 0 Å². The summed E-state index contributed by atoms with van der Waals surface area (Å²) >= 11 is 1.83. The van der Waals surface area contributed by atoms with Crippen LogP contribution in [0.5, 0.6) is 17.2 Å². The average Bonchev–Trinajstić information content (AvgIpc) is 2.56. The maximum absolute atomic E-state index is 5.68. The lowest BCUT2D eigenvalue weighted by atomic mass is 10.2. The Morgan fingerprint density at radius 3 is 1.68 bits per heavy atom. The first kappa shape index (κ1) is 16.6. The third-order valence-corrected chi connectivity index (χ3v) is 3.98. The van der Waals surface area contributed by atoms with Gasteiger partial charge in [-0.1, -0.05) is 17.7 Å². The van der Waals surface area contributed by atoms with E-state index in [2.05, 4.69) is 19.1 Å². The van der Waals surface area contributed by atoms with Crippen LogP contribution in [0.4, 0.5) is 0 Å². The Bertz CT molecular complexity index is 537. The van der Waals surface area contributed by atoms with E-state index in [1.807, 2.05) is 48.2 Å². The van der Waals surface area contributed by atoms with Crippen molar-refractivity contribution in [3.63, 3.8) is 0 Å². The van der Waals surface area contributed by atoms with Gasteiger partial charge in [0.1, 0.15) is 17.2 Å². The van der Waals surface area contributed by atoms with Gasteiger partial charge in [-0.15, -0.1) is 0 Å². The SMILES string of the molecule is COc1ccc(OCCSCCOc2ccc(C)cc2)cc1. The van der Waals surface area contributed by atoms with E-state index in [9.17, 15) is 0 Å². The van der Waals surface area contributed by atoms with Gasteiger partial charge in [0.25, 0.3) is 0 Å². The molecule has 2 aromatic carbocycles. The van der Waals surface area contributed by atoms with Crippen molar-refractivity contribution in [2.75, 3.05) is 31.8 Å². The number of rotatable bonds is 9. The zero-order valence-corrected chi connectivity index (χ0v) is 13.9. The normalized spacial score (nSPS) is 10.3. The van der Waals surface area contributed by atoms with Crippen LogP contribution in [-0.4, -0.2) is 31.8 Å². The molecule has 0 aliphatic heterocycles. The van der Waals surface area contributed by atoms with E-state index in [0.717, 1.165) is 35.4 Å². The topological polar surface area (TPSA) is 27.7 Å². The smallest absolute Gasteiger partial charge is 0.119 e. The van der Waals surface area contributed by atoms with Crippen LogP contribution in [0.1, 0.15) is 5.56 Å². The van der Waals surface area contributed by atoms with Crippen molar-refractivity contribution in [2.45, 2.75) is 6.92 Å². The molecule has 0 radical (unpaired) electrons. The molecule has 0 unspecified atom stereocenters. The van der Waals surface area contributed by atoms with E-state index < -0.39 is 0 Å². The molecule has 0 amide bonds. The first-order valence-corrected chi connectivity index (χ1v) is 8.47. The minimum Gasteiger partial charge on any atom is -0.497 e. The van der Waals surface area contributed by atoms with Gasteiger partial charge in [-0.2, -0.15) is 11.8 Å². The number of thioether (sulfide) groups is 1. The summed E-state index contributed by atoms with van der Waals surface area (Å²) in [6, 6.07) is 15.8. The molecule has 0 heterocycles. The minimum atomic E-state index is 0.696. The fourth-order valence-electron chi connectivity index (χ4n) is 1.85. The van der Waals surface area contributed by atoms with Gasteiger partial charge in [0, 0.05) is 11.5 Å². The molecular weight excluding hydrogens is 296 g/mol. The summed E-state index contributed by atoms with van der Waals surface area (Å²) in [5.74, 6) is 4.55. The molecule has 0 aliphatic carbocycles. The maximum Gasteiger partial charge on any atom is 0.119 e.